The lowest BCUT2D eigenvalue weighted by molar-refractivity contribution is -0.274. The Balaban J connectivity index is 1.53. The molecule has 9 heteroatoms. The van der Waals surface area contributed by atoms with Gasteiger partial charge >= 0.3 is 12.3 Å². The van der Waals surface area contributed by atoms with E-state index in [2.05, 4.69) is 41.5 Å². The minimum Gasteiger partial charge on any atom is -0.465 e. The second kappa shape index (κ2) is 10.5. The zero-order valence-corrected chi connectivity index (χ0v) is 22.9. The van der Waals surface area contributed by atoms with Crippen LogP contribution >= 0.6 is 0 Å². The molecule has 1 N–H and O–H groups in total. The number of ether oxygens (including phenoxy) is 2. The summed E-state index contributed by atoms with van der Waals surface area (Å²) in [5.74, 6) is 0.495. The Morgan fingerprint density at radius 2 is 1.68 bits per heavy atom. The third kappa shape index (κ3) is 6.08. The molecule has 6 nitrogen and oxygen atoms in total. The Bertz CT molecular complexity index is 1510. The Morgan fingerprint density at radius 1 is 1.00 bits per heavy atom. The highest BCUT2D eigenvalue weighted by Gasteiger charge is 2.35. The molecule has 2 unspecified atom stereocenters. The van der Waals surface area contributed by atoms with Crippen LogP contribution in [0.15, 0.2) is 66.7 Å². The molecule has 4 aromatic rings. The predicted octanol–water partition coefficient (Wildman–Crippen LogP) is 8.52. The normalized spacial score (nSPS) is 18.9. The van der Waals surface area contributed by atoms with Gasteiger partial charge in [-0.2, -0.15) is 0 Å². The molecule has 0 saturated heterocycles. The van der Waals surface area contributed by atoms with Gasteiger partial charge < -0.3 is 19.4 Å². The number of aromatic nitrogens is 2. The van der Waals surface area contributed by atoms with Crippen molar-refractivity contribution in [3.05, 3.63) is 72.3 Å². The van der Waals surface area contributed by atoms with Crippen LogP contribution in [0.3, 0.4) is 0 Å². The van der Waals surface area contributed by atoms with E-state index in [1.54, 1.807) is 24.3 Å². The zero-order valence-electron chi connectivity index (χ0n) is 22.9. The first-order valence-electron chi connectivity index (χ1n) is 13.2. The molecule has 2 atom stereocenters. The van der Waals surface area contributed by atoms with Gasteiger partial charge in [0.15, 0.2) is 0 Å². The summed E-state index contributed by atoms with van der Waals surface area (Å²) in [6.07, 6.45) is -1.62. The number of halogens is 3. The summed E-state index contributed by atoms with van der Waals surface area (Å²) >= 11 is 0. The third-order valence-corrected chi connectivity index (χ3v) is 7.40. The van der Waals surface area contributed by atoms with Crippen LogP contribution in [-0.2, 0) is 4.74 Å². The minimum atomic E-state index is -4.75. The first kappa shape index (κ1) is 27.6. The first-order chi connectivity index (χ1) is 18.9. The average Bonchev–Trinajstić information content (AvgIpc) is 3.24. The number of nitrogens with zero attached hydrogens (tertiary/aromatic N) is 2. The van der Waals surface area contributed by atoms with Gasteiger partial charge in [0, 0.05) is 11.7 Å². The zero-order chi connectivity index (χ0) is 28.7. The number of hydrogen-bond donors (Lipinski definition) is 1. The number of carbonyl (C=O) groups is 1. The summed E-state index contributed by atoms with van der Waals surface area (Å²) < 4.78 is 48.9. The van der Waals surface area contributed by atoms with E-state index >= 15 is 0 Å². The van der Waals surface area contributed by atoms with Gasteiger partial charge in [0.2, 0.25) is 5.95 Å². The Labute approximate surface area is 231 Å². The summed E-state index contributed by atoms with van der Waals surface area (Å²) in [7, 11) is 1.35. The van der Waals surface area contributed by atoms with Gasteiger partial charge in [0.25, 0.3) is 0 Å². The van der Waals surface area contributed by atoms with Crippen LogP contribution in [0.25, 0.3) is 22.2 Å². The number of esters is 1. The molecule has 210 valence electrons. The lowest BCUT2D eigenvalue weighted by Crippen LogP contribution is -2.29. The molecule has 3 aromatic carbocycles. The number of anilines is 2. The number of alkyl halides is 3. The number of carbonyl (C=O) groups excluding carboxylic acids is 1. The predicted molar refractivity (Wildman–Crippen MR) is 149 cm³/mol. The molecule has 40 heavy (non-hydrogen) atoms. The van der Waals surface area contributed by atoms with Crippen molar-refractivity contribution in [3.8, 4) is 16.9 Å². The molecule has 1 aliphatic rings. The molecule has 5 rings (SSSR count). The van der Waals surface area contributed by atoms with E-state index in [0.717, 1.165) is 41.4 Å². The molecule has 1 saturated carbocycles. The number of nitrogens with one attached hydrogen (secondary N) is 1. The number of benzene rings is 3. The molecule has 1 heterocycles. The second-order valence-corrected chi connectivity index (χ2v) is 11.3. The highest BCUT2D eigenvalue weighted by molar-refractivity contribution is 5.90. The van der Waals surface area contributed by atoms with Crippen molar-refractivity contribution < 1.29 is 27.4 Å². The molecule has 1 aromatic heterocycles. The van der Waals surface area contributed by atoms with Crippen LogP contribution in [0, 0.1) is 11.3 Å². The summed E-state index contributed by atoms with van der Waals surface area (Å²) in [5, 5.41) is 3.34. The Morgan fingerprint density at radius 3 is 2.30 bits per heavy atom. The molecule has 0 amide bonds. The SMILES string of the molecule is COC(=O)c1ccc(-c2ccc3c(c2)nc(Nc2ccc(OC(F)(F)F)cc2)n3C2CC(C)CC(C)(C)C2)cc1. The maximum Gasteiger partial charge on any atom is 0.573 e. The fraction of sp³-hybridized carbons (Fsp3) is 0.355. The minimum absolute atomic E-state index is 0.161. The lowest BCUT2D eigenvalue weighted by Gasteiger charge is -2.40. The molecule has 1 aliphatic carbocycles. The maximum atomic E-state index is 12.6. The van der Waals surface area contributed by atoms with Crippen molar-refractivity contribution in [1.29, 1.82) is 0 Å². The third-order valence-electron chi connectivity index (χ3n) is 7.40. The van der Waals surface area contributed by atoms with Crippen molar-refractivity contribution in [2.24, 2.45) is 11.3 Å². The van der Waals surface area contributed by atoms with Crippen molar-refractivity contribution in [2.75, 3.05) is 12.4 Å². The van der Waals surface area contributed by atoms with E-state index in [0.29, 0.717) is 23.1 Å². The number of imidazole rings is 1. The number of methoxy groups -OCH3 is 1. The van der Waals surface area contributed by atoms with Gasteiger partial charge in [-0.25, -0.2) is 9.78 Å². The van der Waals surface area contributed by atoms with Gasteiger partial charge in [-0.1, -0.05) is 39.0 Å². The lowest BCUT2D eigenvalue weighted by atomic mass is 9.70. The largest absolute Gasteiger partial charge is 0.573 e. The van der Waals surface area contributed by atoms with Gasteiger partial charge in [0.05, 0.1) is 23.7 Å². The molecule has 1 fully saturated rings. The van der Waals surface area contributed by atoms with Crippen LogP contribution in [0.2, 0.25) is 0 Å². The van der Waals surface area contributed by atoms with Crippen molar-refractivity contribution >= 4 is 28.6 Å². The summed E-state index contributed by atoms with van der Waals surface area (Å²) in [6, 6.07) is 19.2. The van der Waals surface area contributed by atoms with Crippen molar-refractivity contribution in [3.63, 3.8) is 0 Å². The highest BCUT2D eigenvalue weighted by atomic mass is 19.4. The standard InChI is InChI=1S/C31H32F3N3O3/c1-19-15-24(18-30(2,3)17-19)37-27-14-9-22(20-5-7-21(8-6-20)28(38)39-4)16-26(27)36-29(37)35-23-10-12-25(13-11-23)40-31(32,33)34/h5-14,16,19,24H,15,17-18H2,1-4H3,(H,35,36). The second-order valence-electron chi connectivity index (χ2n) is 11.3. The Kier molecular flexibility index (Phi) is 7.25. The summed E-state index contributed by atoms with van der Waals surface area (Å²) in [6.45, 7) is 6.85. The van der Waals surface area contributed by atoms with E-state index in [4.69, 9.17) is 9.72 Å². The van der Waals surface area contributed by atoms with E-state index in [1.807, 2.05) is 24.3 Å². The molecule has 0 spiro atoms. The number of fused-ring (bicyclic) bond motifs is 1. The van der Waals surface area contributed by atoms with E-state index < -0.39 is 6.36 Å². The highest BCUT2D eigenvalue weighted by Crippen LogP contribution is 2.46. The van der Waals surface area contributed by atoms with Crippen molar-refractivity contribution in [1.82, 2.24) is 9.55 Å². The quantitative estimate of drug-likeness (QED) is 0.243. The van der Waals surface area contributed by atoms with Crippen LogP contribution in [0.1, 0.15) is 56.4 Å². The van der Waals surface area contributed by atoms with Gasteiger partial charge in [-0.05, 0) is 90.3 Å². The monoisotopic (exact) mass is 551 g/mol. The van der Waals surface area contributed by atoms with Gasteiger partial charge in [-0.3, -0.25) is 0 Å². The molecule has 0 aliphatic heterocycles. The average molecular weight is 552 g/mol. The van der Waals surface area contributed by atoms with Crippen LogP contribution < -0.4 is 10.1 Å². The summed E-state index contributed by atoms with van der Waals surface area (Å²) in [5.41, 5.74) is 4.90. The van der Waals surface area contributed by atoms with E-state index in [9.17, 15) is 18.0 Å². The van der Waals surface area contributed by atoms with E-state index in [1.165, 1.54) is 19.2 Å². The smallest absolute Gasteiger partial charge is 0.465 e. The maximum absolute atomic E-state index is 12.6. The van der Waals surface area contributed by atoms with Gasteiger partial charge in [-0.15, -0.1) is 13.2 Å². The number of rotatable bonds is 6. The Hall–Kier alpha value is -4.01. The first-order valence-corrected chi connectivity index (χ1v) is 13.2. The number of hydrogen-bond acceptors (Lipinski definition) is 5. The van der Waals surface area contributed by atoms with Crippen LogP contribution in [0.5, 0.6) is 5.75 Å². The fourth-order valence-corrected chi connectivity index (χ4v) is 6.01. The summed E-state index contributed by atoms with van der Waals surface area (Å²) in [4.78, 5) is 16.8. The van der Waals surface area contributed by atoms with Crippen LogP contribution in [-0.4, -0.2) is 29.0 Å². The van der Waals surface area contributed by atoms with Crippen molar-refractivity contribution in [2.45, 2.75) is 52.4 Å². The molecule has 0 bridgehead atoms. The molecule has 0 radical (unpaired) electrons. The van der Waals surface area contributed by atoms with Gasteiger partial charge in [0.1, 0.15) is 5.75 Å². The van der Waals surface area contributed by atoms with E-state index in [-0.39, 0.29) is 23.2 Å². The fourth-order valence-electron chi connectivity index (χ4n) is 6.01. The molecular formula is C31H32F3N3O3. The van der Waals surface area contributed by atoms with Crippen LogP contribution in [0.4, 0.5) is 24.8 Å². The topological polar surface area (TPSA) is 65.4 Å². The molecular weight excluding hydrogens is 519 g/mol.